The zero-order valence-corrected chi connectivity index (χ0v) is 14.1. The first-order chi connectivity index (χ1) is 12.1. The molecule has 1 unspecified atom stereocenters. The van der Waals surface area contributed by atoms with Gasteiger partial charge in [0.05, 0.1) is 19.1 Å². The number of carbonyl (C=O) groups is 3. The molecule has 1 N–H and O–H groups in total. The minimum atomic E-state index is -0.522. The van der Waals surface area contributed by atoms with Gasteiger partial charge >= 0.3 is 6.03 Å². The molecule has 0 aliphatic carbocycles. The van der Waals surface area contributed by atoms with E-state index >= 15 is 0 Å². The number of likely N-dealkylation sites (tertiary alicyclic amines) is 1. The highest BCUT2D eigenvalue weighted by atomic mass is 16.5. The van der Waals surface area contributed by atoms with E-state index in [2.05, 4.69) is 15.5 Å². The number of carbonyl (C=O) groups excluding carboxylic acids is 3. The number of hydrogen-bond acceptors (Lipinski definition) is 7. The molecule has 0 aromatic carbocycles. The number of aromatic nitrogens is 2. The number of nitrogens with zero attached hydrogens (tertiary/aromatic N) is 4. The molecule has 0 spiro atoms. The zero-order chi connectivity index (χ0) is 17.8. The van der Waals surface area contributed by atoms with E-state index < -0.39 is 6.03 Å². The molecule has 0 bridgehead atoms. The van der Waals surface area contributed by atoms with Gasteiger partial charge in [-0.1, -0.05) is 5.16 Å². The fourth-order valence-corrected chi connectivity index (χ4v) is 2.98. The first-order valence-electron chi connectivity index (χ1n) is 8.26. The number of nitrogens with one attached hydrogen (secondary N) is 1. The number of hydrogen-bond donors (Lipinski definition) is 1. The molecule has 3 rings (SSSR count). The van der Waals surface area contributed by atoms with E-state index in [4.69, 9.17) is 9.26 Å². The standard InChI is InChI=1S/C15H21N5O5/c1-24-6-4-11-17-14(25-18-11)10-3-2-5-19(8-10)13(22)9-20-12(21)7-16-15(20)23/h10H,2-9H2,1H3,(H,16,23). The van der Waals surface area contributed by atoms with Crippen LogP contribution in [0.1, 0.15) is 30.5 Å². The lowest BCUT2D eigenvalue weighted by Gasteiger charge is -2.31. The van der Waals surface area contributed by atoms with Gasteiger partial charge in [-0.15, -0.1) is 0 Å². The van der Waals surface area contributed by atoms with Gasteiger partial charge in [0.15, 0.2) is 5.82 Å². The summed E-state index contributed by atoms with van der Waals surface area (Å²) in [4.78, 5) is 42.6. The van der Waals surface area contributed by atoms with Crippen LogP contribution in [0, 0.1) is 0 Å². The first-order valence-corrected chi connectivity index (χ1v) is 8.26. The van der Waals surface area contributed by atoms with Gasteiger partial charge < -0.3 is 19.5 Å². The Morgan fingerprint density at radius 2 is 2.28 bits per heavy atom. The first kappa shape index (κ1) is 17.3. The van der Waals surface area contributed by atoms with Crippen molar-refractivity contribution in [2.75, 3.05) is 39.9 Å². The van der Waals surface area contributed by atoms with Gasteiger partial charge in [-0.05, 0) is 12.8 Å². The van der Waals surface area contributed by atoms with E-state index in [0.717, 1.165) is 17.7 Å². The molecule has 10 nitrogen and oxygen atoms in total. The fraction of sp³-hybridized carbons (Fsp3) is 0.667. The van der Waals surface area contributed by atoms with E-state index in [0.29, 0.717) is 37.8 Å². The second kappa shape index (κ2) is 7.60. The van der Waals surface area contributed by atoms with Crippen molar-refractivity contribution in [2.45, 2.75) is 25.2 Å². The number of piperidine rings is 1. The van der Waals surface area contributed by atoms with Crippen LogP contribution in [0.25, 0.3) is 0 Å². The molecule has 10 heteroatoms. The quantitative estimate of drug-likeness (QED) is 0.688. The summed E-state index contributed by atoms with van der Waals surface area (Å²) in [6.45, 7) is 1.25. The van der Waals surface area contributed by atoms with Gasteiger partial charge in [-0.25, -0.2) is 4.79 Å². The molecule has 1 aromatic rings. The van der Waals surface area contributed by atoms with Crippen LogP contribution in [-0.4, -0.2) is 77.7 Å². The molecular formula is C15H21N5O5. The van der Waals surface area contributed by atoms with E-state index in [1.165, 1.54) is 0 Å². The lowest BCUT2D eigenvalue weighted by atomic mass is 9.98. The summed E-state index contributed by atoms with van der Waals surface area (Å²) in [6, 6.07) is -0.522. The lowest BCUT2D eigenvalue weighted by molar-refractivity contribution is -0.137. The van der Waals surface area contributed by atoms with Crippen molar-refractivity contribution in [1.29, 1.82) is 0 Å². The summed E-state index contributed by atoms with van der Waals surface area (Å²) in [5.41, 5.74) is 0. The molecule has 2 saturated heterocycles. The normalized spacial score (nSPS) is 20.9. The molecule has 2 aliphatic rings. The maximum Gasteiger partial charge on any atom is 0.325 e. The molecule has 25 heavy (non-hydrogen) atoms. The summed E-state index contributed by atoms with van der Waals surface area (Å²) in [5.74, 6) is 0.420. The molecule has 3 heterocycles. The molecule has 0 saturated carbocycles. The third kappa shape index (κ3) is 3.95. The summed E-state index contributed by atoms with van der Waals surface area (Å²) < 4.78 is 10.3. The lowest BCUT2D eigenvalue weighted by Crippen LogP contribution is -2.46. The molecule has 2 aliphatic heterocycles. The summed E-state index contributed by atoms with van der Waals surface area (Å²) in [7, 11) is 1.61. The predicted molar refractivity (Wildman–Crippen MR) is 83.5 cm³/mol. The minimum absolute atomic E-state index is 0.0374. The minimum Gasteiger partial charge on any atom is -0.384 e. The Hall–Kier alpha value is -2.49. The van der Waals surface area contributed by atoms with Crippen molar-refractivity contribution in [3.8, 4) is 0 Å². The number of amides is 4. The second-order valence-corrected chi connectivity index (χ2v) is 6.11. The molecule has 0 radical (unpaired) electrons. The van der Waals surface area contributed by atoms with Crippen LogP contribution in [0.15, 0.2) is 4.52 Å². The Bertz CT molecular complexity index is 644. The topological polar surface area (TPSA) is 118 Å². The number of ether oxygens (including phenoxy) is 1. The summed E-state index contributed by atoms with van der Waals surface area (Å²) in [6.07, 6.45) is 2.21. The predicted octanol–water partition coefficient (Wildman–Crippen LogP) is -0.484. The van der Waals surface area contributed by atoms with Gasteiger partial charge in [0, 0.05) is 26.6 Å². The molecule has 1 aromatic heterocycles. The second-order valence-electron chi connectivity index (χ2n) is 6.11. The highest BCUT2D eigenvalue weighted by Crippen LogP contribution is 2.26. The average molecular weight is 351 g/mol. The third-order valence-corrected chi connectivity index (χ3v) is 4.37. The highest BCUT2D eigenvalue weighted by molar-refractivity contribution is 6.04. The number of rotatable bonds is 6. The van der Waals surface area contributed by atoms with Crippen LogP contribution >= 0.6 is 0 Å². The molecule has 1 atom stereocenters. The van der Waals surface area contributed by atoms with Crippen molar-refractivity contribution in [1.82, 2.24) is 25.3 Å². The Labute approximate surface area is 144 Å². The van der Waals surface area contributed by atoms with E-state index in [1.54, 1.807) is 12.0 Å². The van der Waals surface area contributed by atoms with Crippen molar-refractivity contribution in [2.24, 2.45) is 0 Å². The van der Waals surface area contributed by atoms with Crippen LogP contribution in [0.2, 0.25) is 0 Å². The van der Waals surface area contributed by atoms with Crippen molar-refractivity contribution >= 4 is 17.8 Å². The van der Waals surface area contributed by atoms with Crippen LogP contribution in [-0.2, 0) is 20.7 Å². The smallest absolute Gasteiger partial charge is 0.325 e. The maximum absolute atomic E-state index is 12.4. The van der Waals surface area contributed by atoms with Crippen molar-refractivity contribution in [3.63, 3.8) is 0 Å². The molecule has 4 amide bonds. The van der Waals surface area contributed by atoms with Crippen LogP contribution in [0.4, 0.5) is 4.79 Å². The number of imide groups is 1. The van der Waals surface area contributed by atoms with Crippen molar-refractivity contribution < 1.29 is 23.6 Å². The molecule has 136 valence electrons. The third-order valence-electron chi connectivity index (χ3n) is 4.37. The number of methoxy groups -OCH3 is 1. The summed E-state index contributed by atoms with van der Waals surface area (Å²) in [5, 5.41) is 6.33. The van der Waals surface area contributed by atoms with Gasteiger partial charge in [0.25, 0.3) is 5.91 Å². The largest absolute Gasteiger partial charge is 0.384 e. The number of urea groups is 1. The van der Waals surface area contributed by atoms with Crippen LogP contribution in [0.3, 0.4) is 0 Å². The Morgan fingerprint density at radius 3 is 3.00 bits per heavy atom. The highest BCUT2D eigenvalue weighted by Gasteiger charge is 2.34. The van der Waals surface area contributed by atoms with E-state index in [1.807, 2.05) is 0 Å². The van der Waals surface area contributed by atoms with Crippen molar-refractivity contribution in [3.05, 3.63) is 11.7 Å². The van der Waals surface area contributed by atoms with Crippen LogP contribution < -0.4 is 5.32 Å². The Morgan fingerprint density at radius 1 is 1.44 bits per heavy atom. The monoisotopic (exact) mass is 351 g/mol. The van der Waals surface area contributed by atoms with E-state index in [9.17, 15) is 14.4 Å². The van der Waals surface area contributed by atoms with Gasteiger partial charge in [-0.3, -0.25) is 14.5 Å². The summed E-state index contributed by atoms with van der Waals surface area (Å²) >= 11 is 0. The average Bonchev–Trinajstić information content (AvgIpc) is 3.22. The van der Waals surface area contributed by atoms with Gasteiger partial charge in [-0.2, -0.15) is 4.98 Å². The maximum atomic E-state index is 12.4. The zero-order valence-electron chi connectivity index (χ0n) is 14.1. The van der Waals surface area contributed by atoms with E-state index in [-0.39, 0.29) is 30.8 Å². The molecular weight excluding hydrogens is 330 g/mol. The molecule has 2 fully saturated rings. The SMILES string of the molecule is COCCc1noc(C2CCCN(C(=O)CN3C(=O)CNC3=O)C2)n1. The van der Waals surface area contributed by atoms with Crippen LogP contribution in [0.5, 0.6) is 0 Å². The Kier molecular flexibility index (Phi) is 5.27. The van der Waals surface area contributed by atoms with Gasteiger partial charge in [0.1, 0.15) is 6.54 Å². The Balaban J connectivity index is 1.58. The van der Waals surface area contributed by atoms with Gasteiger partial charge in [0.2, 0.25) is 11.8 Å². The fourth-order valence-electron chi connectivity index (χ4n) is 2.98.